The molecule has 0 aliphatic heterocycles. The van der Waals surface area contributed by atoms with E-state index in [4.69, 9.17) is 4.74 Å². The molecule has 0 bridgehead atoms. The van der Waals surface area contributed by atoms with Gasteiger partial charge in [-0.2, -0.15) is 0 Å². The highest BCUT2D eigenvalue weighted by atomic mass is 16.6. The Morgan fingerprint density at radius 2 is 2.00 bits per heavy atom. The predicted octanol–water partition coefficient (Wildman–Crippen LogP) is 4.42. The number of amides is 1. The average Bonchev–Trinajstić information content (AvgIpc) is 2.48. The van der Waals surface area contributed by atoms with E-state index in [0.29, 0.717) is 24.3 Å². The maximum absolute atomic E-state index is 12.0. The molecule has 3 nitrogen and oxygen atoms in total. The summed E-state index contributed by atoms with van der Waals surface area (Å²) in [5.41, 5.74) is 1.23. The minimum Gasteiger partial charge on any atom is -0.446 e. The molecule has 0 spiro atoms. The second-order valence-corrected chi connectivity index (χ2v) is 6.93. The third-order valence-electron chi connectivity index (χ3n) is 4.75. The summed E-state index contributed by atoms with van der Waals surface area (Å²) in [4.78, 5) is 12.0. The van der Waals surface area contributed by atoms with Gasteiger partial charge in [0.05, 0.1) is 0 Å². The maximum Gasteiger partial charge on any atom is 0.407 e. The molecule has 1 aliphatic rings. The van der Waals surface area contributed by atoms with Crippen LogP contribution in [0.5, 0.6) is 0 Å². The Balaban J connectivity index is 1.77. The SMILES string of the molecule is CC(C)[C@@H]1CC[C@@H](C)C[C@@H]1OC(=O)NCCc1ccccc1. The summed E-state index contributed by atoms with van der Waals surface area (Å²) < 4.78 is 5.72. The van der Waals surface area contributed by atoms with Gasteiger partial charge < -0.3 is 10.1 Å². The van der Waals surface area contributed by atoms with Crippen LogP contribution >= 0.6 is 0 Å². The number of rotatable bonds is 5. The Hall–Kier alpha value is -1.51. The number of nitrogens with one attached hydrogen (secondary N) is 1. The molecule has 0 saturated heterocycles. The molecule has 2 rings (SSSR count). The Labute approximate surface area is 134 Å². The molecule has 3 atom stereocenters. The van der Waals surface area contributed by atoms with E-state index in [-0.39, 0.29) is 12.2 Å². The zero-order valence-corrected chi connectivity index (χ0v) is 14.0. The Kier molecular flexibility index (Phi) is 6.29. The van der Waals surface area contributed by atoms with Crippen molar-refractivity contribution in [3.63, 3.8) is 0 Å². The van der Waals surface area contributed by atoms with Gasteiger partial charge in [-0.1, -0.05) is 57.5 Å². The van der Waals surface area contributed by atoms with Gasteiger partial charge >= 0.3 is 6.09 Å². The topological polar surface area (TPSA) is 38.3 Å². The molecular weight excluding hydrogens is 274 g/mol. The lowest BCUT2D eigenvalue weighted by atomic mass is 9.75. The lowest BCUT2D eigenvalue weighted by Gasteiger charge is -2.36. The number of ether oxygens (including phenoxy) is 1. The van der Waals surface area contributed by atoms with Gasteiger partial charge in [-0.05, 0) is 42.6 Å². The van der Waals surface area contributed by atoms with Crippen molar-refractivity contribution in [2.45, 2.75) is 52.6 Å². The summed E-state index contributed by atoms with van der Waals surface area (Å²) in [5, 5.41) is 2.89. The first-order valence-corrected chi connectivity index (χ1v) is 8.54. The fourth-order valence-corrected chi connectivity index (χ4v) is 3.38. The highest BCUT2D eigenvalue weighted by molar-refractivity contribution is 5.67. The molecule has 1 amide bonds. The zero-order valence-electron chi connectivity index (χ0n) is 14.0. The fraction of sp³-hybridized carbons (Fsp3) is 0.632. The fourth-order valence-electron chi connectivity index (χ4n) is 3.38. The van der Waals surface area contributed by atoms with Crippen molar-refractivity contribution < 1.29 is 9.53 Å². The van der Waals surface area contributed by atoms with Crippen LogP contribution in [0.2, 0.25) is 0 Å². The minimum absolute atomic E-state index is 0.0699. The van der Waals surface area contributed by atoms with Gasteiger partial charge in [0.1, 0.15) is 6.10 Å². The molecule has 122 valence electrons. The van der Waals surface area contributed by atoms with Crippen molar-refractivity contribution in [3.8, 4) is 0 Å². The van der Waals surface area contributed by atoms with Gasteiger partial charge in [-0.15, -0.1) is 0 Å². The molecule has 0 radical (unpaired) electrons. The standard InChI is InChI=1S/C19H29NO2/c1-14(2)17-10-9-15(3)13-18(17)22-19(21)20-12-11-16-7-5-4-6-8-16/h4-8,14-15,17-18H,9-13H2,1-3H3,(H,20,21)/t15-,17+,18+/m1/s1. The average molecular weight is 303 g/mol. The summed E-state index contributed by atoms with van der Waals surface area (Å²) in [5.74, 6) is 1.71. The first kappa shape index (κ1) is 16.9. The molecule has 22 heavy (non-hydrogen) atoms. The van der Waals surface area contributed by atoms with Crippen molar-refractivity contribution in [2.24, 2.45) is 17.8 Å². The van der Waals surface area contributed by atoms with Gasteiger partial charge in [0.15, 0.2) is 0 Å². The van der Waals surface area contributed by atoms with E-state index in [1.165, 1.54) is 18.4 Å². The van der Waals surface area contributed by atoms with Crippen molar-refractivity contribution in [3.05, 3.63) is 35.9 Å². The van der Waals surface area contributed by atoms with Crippen LogP contribution in [0.1, 0.15) is 45.6 Å². The van der Waals surface area contributed by atoms with E-state index in [9.17, 15) is 4.79 Å². The van der Waals surface area contributed by atoms with Crippen LogP contribution in [0.15, 0.2) is 30.3 Å². The highest BCUT2D eigenvalue weighted by Crippen LogP contribution is 2.35. The monoisotopic (exact) mass is 303 g/mol. The van der Waals surface area contributed by atoms with Gasteiger partial charge in [0.25, 0.3) is 0 Å². The zero-order chi connectivity index (χ0) is 15.9. The van der Waals surface area contributed by atoms with Crippen molar-refractivity contribution in [1.82, 2.24) is 5.32 Å². The van der Waals surface area contributed by atoms with Crippen LogP contribution in [0, 0.1) is 17.8 Å². The molecule has 1 aromatic rings. The van der Waals surface area contributed by atoms with E-state index in [1.807, 2.05) is 18.2 Å². The Morgan fingerprint density at radius 3 is 2.68 bits per heavy atom. The van der Waals surface area contributed by atoms with Gasteiger partial charge in [-0.3, -0.25) is 0 Å². The number of carbonyl (C=O) groups is 1. The second kappa shape index (κ2) is 8.21. The minimum atomic E-state index is -0.263. The molecule has 1 saturated carbocycles. The molecule has 0 heterocycles. The van der Waals surface area contributed by atoms with Crippen molar-refractivity contribution in [1.29, 1.82) is 0 Å². The Bertz CT molecular complexity index is 458. The largest absolute Gasteiger partial charge is 0.446 e. The van der Waals surface area contributed by atoms with Gasteiger partial charge in [0, 0.05) is 6.54 Å². The van der Waals surface area contributed by atoms with E-state index in [1.54, 1.807) is 0 Å². The normalized spacial score (nSPS) is 25.0. The van der Waals surface area contributed by atoms with E-state index in [2.05, 4.69) is 38.2 Å². The lowest BCUT2D eigenvalue weighted by molar-refractivity contribution is 0.00631. The van der Waals surface area contributed by atoms with Crippen molar-refractivity contribution in [2.75, 3.05) is 6.54 Å². The molecule has 0 aromatic heterocycles. The van der Waals surface area contributed by atoms with Gasteiger partial charge in [-0.25, -0.2) is 4.79 Å². The molecule has 3 heteroatoms. The smallest absolute Gasteiger partial charge is 0.407 e. The molecule has 1 aromatic carbocycles. The molecule has 1 fully saturated rings. The van der Waals surface area contributed by atoms with Gasteiger partial charge in [0.2, 0.25) is 0 Å². The second-order valence-electron chi connectivity index (χ2n) is 6.93. The summed E-state index contributed by atoms with van der Waals surface area (Å²) in [6, 6.07) is 10.2. The van der Waals surface area contributed by atoms with E-state index in [0.717, 1.165) is 12.8 Å². The summed E-state index contributed by atoms with van der Waals surface area (Å²) in [6.45, 7) is 7.33. The summed E-state index contributed by atoms with van der Waals surface area (Å²) in [6.07, 6.45) is 4.06. The summed E-state index contributed by atoms with van der Waals surface area (Å²) >= 11 is 0. The Morgan fingerprint density at radius 1 is 1.27 bits per heavy atom. The van der Waals surface area contributed by atoms with Crippen LogP contribution < -0.4 is 5.32 Å². The quantitative estimate of drug-likeness (QED) is 0.874. The van der Waals surface area contributed by atoms with Crippen LogP contribution in [0.25, 0.3) is 0 Å². The third kappa shape index (κ3) is 5.04. The van der Waals surface area contributed by atoms with Crippen LogP contribution in [-0.2, 0) is 11.2 Å². The molecule has 1 N–H and O–H groups in total. The van der Waals surface area contributed by atoms with Crippen LogP contribution in [0.4, 0.5) is 4.79 Å². The number of alkyl carbamates (subject to hydrolysis) is 1. The molecular formula is C19H29NO2. The number of carbonyl (C=O) groups excluding carboxylic acids is 1. The number of benzene rings is 1. The first-order chi connectivity index (χ1) is 10.6. The molecule has 0 unspecified atom stereocenters. The number of hydrogen-bond donors (Lipinski definition) is 1. The first-order valence-electron chi connectivity index (χ1n) is 8.54. The predicted molar refractivity (Wildman–Crippen MR) is 89.8 cm³/mol. The van der Waals surface area contributed by atoms with Crippen molar-refractivity contribution >= 4 is 6.09 Å². The van der Waals surface area contributed by atoms with E-state index < -0.39 is 0 Å². The van der Waals surface area contributed by atoms with E-state index >= 15 is 0 Å². The van der Waals surface area contributed by atoms with Crippen LogP contribution in [-0.4, -0.2) is 18.7 Å². The summed E-state index contributed by atoms with van der Waals surface area (Å²) in [7, 11) is 0. The maximum atomic E-state index is 12.0. The molecule has 1 aliphatic carbocycles. The third-order valence-corrected chi connectivity index (χ3v) is 4.75. The number of hydrogen-bond acceptors (Lipinski definition) is 2. The van der Waals surface area contributed by atoms with Crippen LogP contribution in [0.3, 0.4) is 0 Å². The highest BCUT2D eigenvalue weighted by Gasteiger charge is 2.33. The lowest BCUT2D eigenvalue weighted by Crippen LogP contribution is -2.39.